The van der Waals surface area contributed by atoms with Gasteiger partial charge in [0.1, 0.15) is 11.5 Å². The highest BCUT2D eigenvalue weighted by molar-refractivity contribution is 6.52. The summed E-state index contributed by atoms with van der Waals surface area (Å²) in [6.45, 7) is 7.02. The van der Waals surface area contributed by atoms with Crippen LogP contribution >= 0.6 is 0 Å². The van der Waals surface area contributed by atoms with Gasteiger partial charge in [-0.3, -0.25) is 19.2 Å². The van der Waals surface area contributed by atoms with Gasteiger partial charge in [-0.05, 0) is 34.1 Å². The number of hydrogen-bond acceptors (Lipinski definition) is 6. The molecule has 21 heavy (non-hydrogen) atoms. The lowest BCUT2D eigenvalue weighted by atomic mass is 9.50. The van der Waals surface area contributed by atoms with Crippen LogP contribution in [0.2, 0.25) is 0 Å². The molecule has 116 valence electrons. The normalized spacial score (nSPS) is 32.5. The maximum Gasteiger partial charge on any atom is 0.321 e. The van der Waals surface area contributed by atoms with E-state index in [1.807, 2.05) is 0 Å². The molecule has 0 aliphatic heterocycles. The second kappa shape index (κ2) is 5.02. The molecule has 2 fully saturated rings. The van der Waals surface area contributed by atoms with Gasteiger partial charge in [0.2, 0.25) is 11.6 Å². The molecule has 6 nitrogen and oxygen atoms in total. The third kappa shape index (κ3) is 2.31. The molecule has 0 aromatic rings. The molecule has 0 bridgehead atoms. The Labute approximate surface area is 123 Å². The van der Waals surface area contributed by atoms with Crippen molar-refractivity contribution < 1.29 is 28.7 Å². The smallest absolute Gasteiger partial charge is 0.321 e. The highest BCUT2D eigenvalue weighted by Crippen LogP contribution is 2.52. The Morgan fingerprint density at radius 1 is 1.29 bits per heavy atom. The van der Waals surface area contributed by atoms with Crippen molar-refractivity contribution in [1.29, 1.82) is 0 Å². The molecule has 0 amide bonds. The first-order valence-corrected chi connectivity index (χ1v) is 7.11. The van der Waals surface area contributed by atoms with Gasteiger partial charge < -0.3 is 9.47 Å². The van der Waals surface area contributed by atoms with Crippen LogP contribution in [0.3, 0.4) is 0 Å². The Kier molecular flexibility index (Phi) is 3.78. The maximum absolute atomic E-state index is 12.2. The Bertz CT molecular complexity index is 515. The summed E-state index contributed by atoms with van der Waals surface area (Å²) in [6, 6.07) is 0. The number of hydrogen-bond donors (Lipinski definition) is 0. The third-order valence-corrected chi connectivity index (χ3v) is 3.95. The molecular weight excluding hydrogens is 276 g/mol. The number of fused-ring (bicyclic) bond motifs is 1. The van der Waals surface area contributed by atoms with Crippen LogP contribution in [0.15, 0.2) is 0 Å². The summed E-state index contributed by atoms with van der Waals surface area (Å²) in [7, 11) is 0. The van der Waals surface area contributed by atoms with Crippen molar-refractivity contribution in [3.63, 3.8) is 0 Å². The van der Waals surface area contributed by atoms with Crippen molar-refractivity contribution in [2.75, 3.05) is 6.61 Å². The van der Waals surface area contributed by atoms with E-state index in [2.05, 4.69) is 0 Å². The van der Waals surface area contributed by atoms with E-state index in [0.29, 0.717) is 0 Å². The largest absolute Gasteiger partial charge is 0.465 e. The van der Waals surface area contributed by atoms with Gasteiger partial charge in [-0.1, -0.05) is 0 Å². The zero-order chi connectivity index (χ0) is 16.0. The fourth-order valence-corrected chi connectivity index (χ4v) is 3.06. The summed E-state index contributed by atoms with van der Waals surface area (Å²) in [5.41, 5.74) is -2.17. The van der Waals surface area contributed by atoms with Gasteiger partial charge in [0, 0.05) is 6.42 Å². The zero-order valence-corrected chi connectivity index (χ0v) is 12.7. The lowest BCUT2D eigenvalue weighted by Crippen LogP contribution is -2.71. The van der Waals surface area contributed by atoms with E-state index in [1.165, 1.54) is 0 Å². The minimum absolute atomic E-state index is 0.0317. The Hall–Kier alpha value is -1.56. The molecule has 0 aromatic carbocycles. The first-order chi connectivity index (χ1) is 9.65. The van der Waals surface area contributed by atoms with E-state index in [4.69, 9.17) is 9.47 Å². The van der Waals surface area contributed by atoms with Crippen LogP contribution in [0.4, 0.5) is 0 Å². The van der Waals surface area contributed by atoms with Crippen LogP contribution in [-0.2, 0) is 28.7 Å². The average Bonchev–Trinajstić information content (AvgIpc) is 2.38. The number of rotatable bonds is 3. The minimum atomic E-state index is -1.52. The molecule has 0 radical (unpaired) electrons. The van der Waals surface area contributed by atoms with Crippen LogP contribution < -0.4 is 0 Å². The third-order valence-electron chi connectivity index (χ3n) is 3.95. The van der Waals surface area contributed by atoms with Crippen LogP contribution in [0, 0.1) is 11.3 Å². The summed E-state index contributed by atoms with van der Waals surface area (Å²) in [6.07, 6.45) is -0.979. The SMILES string of the molecule is CCOC(=O)C12CCC(=O)C(OC(C)(C)C)C1C(=O)C2=O. The molecule has 0 spiro atoms. The van der Waals surface area contributed by atoms with E-state index in [-0.39, 0.29) is 25.2 Å². The lowest BCUT2D eigenvalue weighted by Gasteiger charge is -2.50. The summed E-state index contributed by atoms with van der Waals surface area (Å²) < 4.78 is 10.6. The minimum Gasteiger partial charge on any atom is -0.465 e. The van der Waals surface area contributed by atoms with Gasteiger partial charge in [0.05, 0.1) is 18.1 Å². The van der Waals surface area contributed by atoms with Gasteiger partial charge in [-0.25, -0.2) is 0 Å². The van der Waals surface area contributed by atoms with Gasteiger partial charge in [0.15, 0.2) is 5.78 Å². The van der Waals surface area contributed by atoms with Gasteiger partial charge >= 0.3 is 5.97 Å². The highest BCUT2D eigenvalue weighted by Gasteiger charge is 2.72. The molecule has 2 saturated carbocycles. The van der Waals surface area contributed by atoms with Crippen molar-refractivity contribution in [2.45, 2.75) is 52.2 Å². The fraction of sp³-hybridized carbons (Fsp3) is 0.733. The molecule has 0 aromatic heterocycles. The monoisotopic (exact) mass is 296 g/mol. The van der Waals surface area contributed by atoms with E-state index in [9.17, 15) is 19.2 Å². The molecule has 0 heterocycles. The van der Waals surface area contributed by atoms with Crippen molar-refractivity contribution >= 4 is 23.3 Å². The molecule has 6 heteroatoms. The van der Waals surface area contributed by atoms with Crippen LogP contribution in [0.1, 0.15) is 40.5 Å². The van der Waals surface area contributed by atoms with E-state index in [0.717, 1.165) is 0 Å². The summed E-state index contributed by atoms with van der Waals surface area (Å²) in [5, 5.41) is 0. The number of ether oxygens (including phenoxy) is 2. The molecule has 2 aliphatic carbocycles. The Balaban J connectivity index is 2.37. The van der Waals surface area contributed by atoms with Crippen molar-refractivity contribution in [3.05, 3.63) is 0 Å². The first-order valence-electron chi connectivity index (χ1n) is 7.11. The number of carbonyl (C=O) groups excluding carboxylic acids is 4. The summed E-state index contributed by atoms with van der Waals surface area (Å²) in [4.78, 5) is 48.3. The predicted octanol–water partition coefficient (Wildman–Crippen LogP) is 0.850. The van der Waals surface area contributed by atoms with E-state index in [1.54, 1.807) is 27.7 Å². The first kappa shape index (κ1) is 15.8. The number of ketones is 3. The number of carbonyl (C=O) groups is 4. The second-order valence-corrected chi connectivity index (χ2v) is 6.48. The lowest BCUT2D eigenvalue weighted by molar-refractivity contribution is -0.199. The molecule has 3 atom stereocenters. The van der Waals surface area contributed by atoms with Crippen LogP contribution in [-0.4, -0.2) is 41.6 Å². The molecule has 0 N–H and O–H groups in total. The van der Waals surface area contributed by atoms with E-state index < -0.39 is 40.6 Å². The highest BCUT2D eigenvalue weighted by atomic mass is 16.5. The molecule has 2 rings (SSSR count). The average molecular weight is 296 g/mol. The molecule has 2 aliphatic rings. The topological polar surface area (TPSA) is 86.7 Å². The number of Topliss-reactive ketones (excluding diaryl/α,β-unsaturated/α-hetero) is 3. The van der Waals surface area contributed by atoms with Crippen molar-refractivity contribution in [1.82, 2.24) is 0 Å². The van der Waals surface area contributed by atoms with Crippen molar-refractivity contribution in [2.24, 2.45) is 11.3 Å². The van der Waals surface area contributed by atoms with Crippen LogP contribution in [0.5, 0.6) is 0 Å². The van der Waals surface area contributed by atoms with Gasteiger partial charge in [-0.15, -0.1) is 0 Å². The fourth-order valence-electron chi connectivity index (χ4n) is 3.06. The number of esters is 1. The standard InChI is InChI=1S/C15H20O6/c1-5-20-13(19)15-7-6-8(16)11(21-14(2,3)4)9(15)10(17)12(15)18/h9,11H,5-7H2,1-4H3. The molecule has 0 saturated heterocycles. The molecule has 3 unspecified atom stereocenters. The van der Waals surface area contributed by atoms with Gasteiger partial charge in [-0.2, -0.15) is 0 Å². The molecular formula is C15H20O6. The Morgan fingerprint density at radius 2 is 1.90 bits per heavy atom. The van der Waals surface area contributed by atoms with Crippen LogP contribution in [0.25, 0.3) is 0 Å². The summed E-state index contributed by atoms with van der Waals surface area (Å²) in [5.74, 6) is -3.44. The summed E-state index contributed by atoms with van der Waals surface area (Å²) >= 11 is 0. The Morgan fingerprint density at radius 3 is 2.43 bits per heavy atom. The van der Waals surface area contributed by atoms with Gasteiger partial charge in [0.25, 0.3) is 0 Å². The second-order valence-electron chi connectivity index (χ2n) is 6.48. The maximum atomic E-state index is 12.2. The van der Waals surface area contributed by atoms with E-state index >= 15 is 0 Å². The zero-order valence-electron chi connectivity index (χ0n) is 12.7. The van der Waals surface area contributed by atoms with Crippen molar-refractivity contribution in [3.8, 4) is 0 Å². The quantitative estimate of drug-likeness (QED) is 0.436. The predicted molar refractivity (Wildman–Crippen MR) is 71.4 cm³/mol.